The fourth-order valence-corrected chi connectivity index (χ4v) is 3.06. The zero-order valence-electron chi connectivity index (χ0n) is 12.6. The van der Waals surface area contributed by atoms with Gasteiger partial charge < -0.3 is 9.47 Å². The number of fused-ring (bicyclic) bond motifs is 1. The molecule has 3 rings (SSSR count). The van der Waals surface area contributed by atoms with Gasteiger partial charge in [-0.25, -0.2) is 4.98 Å². The molecule has 2 aromatic rings. The van der Waals surface area contributed by atoms with Crippen molar-refractivity contribution in [2.45, 2.75) is 33.2 Å². The number of hydrogen-bond donors (Lipinski definition) is 0. The number of hydrogen-bond acceptors (Lipinski definition) is 2. The molecule has 4 nitrogen and oxygen atoms in total. The van der Waals surface area contributed by atoms with E-state index < -0.39 is 0 Å². The van der Waals surface area contributed by atoms with Crippen molar-refractivity contribution in [1.29, 1.82) is 0 Å². The predicted octanol–water partition coefficient (Wildman–Crippen LogP) is 2.81. The van der Waals surface area contributed by atoms with Crippen molar-refractivity contribution >= 4 is 11.6 Å². The van der Waals surface area contributed by atoms with Gasteiger partial charge in [-0.15, -0.1) is 0 Å². The average molecular weight is 283 g/mol. The van der Waals surface area contributed by atoms with Crippen LogP contribution in [0, 0.1) is 12.8 Å². The standard InChI is InChI=1S/C17H21N3O/c1-3-20(15-6-4-5-13(2)9-15)17(21)14-7-8-19-12-18-11-16(19)10-14/h4-6,9,11-12,14H,3,7-8,10H2,1-2H3. The van der Waals surface area contributed by atoms with Crippen LogP contribution in [0.2, 0.25) is 0 Å². The summed E-state index contributed by atoms with van der Waals surface area (Å²) in [5, 5.41) is 0. The summed E-state index contributed by atoms with van der Waals surface area (Å²) >= 11 is 0. The van der Waals surface area contributed by atoms with Crippen LogP contribution in [-0.2, 0) is 17.8 Å². The minimum absolute atomic E-state index is 0.0645. The Labute approximate surface area is 125 Å². The van der Waals surface area contributed by atoms with Crippen molar-refractivity contribution in [3.63, 3.8) is 0 Å². The molecule has 0 bridgehead atoms. The van der Waals surface area contributed by atoms with Gasteiger partial charge in [0.05, 0.1) is 6.33 Å². The van der Waals surface area contributed by atoms with Crippen LogP contribution in [0.4, 0.5) is 5.69 Å². The molecule has 110 valence electrons. The molecule has 0 fully saturated rings. The molecular weight excluding hydrogens is 262 g/mol. The van der Waals surface area contributed by atoms with Crippen LogP contribution in [0.25, 0.3) is 0 Å². The molecule has 0 saturated carbocycles. The molecular formula is C17H21N3O. The number of carbonyl (C=O) groups is 1. The first-order valence-electron chi connectivity index (χ1n) is 7.56. The fourth-order valence-electron chi connectivity index (χ4n) is 3.06. The van der Waals surface area contributed by atoms with Gasteiger partial charge in [0.15, 0.2) is 0 Å². The van der Waals surface area contributed by atoms with Crippen LogP contribution in [0.15, 0.2) is 36.8 Å². The van der Waals surface area contributed by atoms with Crippen molar-refractivity contribution in [3.8, 4) is 0 Å². The van der Waals surface area contributed by atoms with E-state index in [1.807, 2.05) is 36.5 Å². The van der Waals surface area contributed by atoms with E-state index in [0.717, 1.165) is 25.1 Å². The van der Waals surface area contributed by atoms with Crippen molar-refractivity contribution in [3.05, 3.63) is 48.0 Å². The quantitative estimate of drug-likeness (QED) is 0.868. The SMILES string of the molecule is CCN(C(=O)C1CCn2cncc2C1)c1cccc(C)c1. The number of imidazole rings is 1. The highest BCUT2D eigenvalue weighted by Crippen LogP contribution is 2.25. The van der Waals surface area contributed by atoms with Gasteiger partial charge >= 0.3 is 0 Å². The van der Waals surface area contributed by atoms with Gasteiger partial charge in [0.1, 0.15) is 0 Å². The lowest BCUT2D eigenvalue weighted by Crippen LogP contribution is -2.39. The minimum Gasteiger partial charge on any atom is -0.335 e. The minimum atomic E-state index is 0.0645. The van der Waals surface area contributed by atoms with E-state index in [9.17, 15) is 4.79 Å². The van der Waals surface area contributed by atoms with Crippen molar-refractivity contribution < 1.29 is 4.79 Å². The lowest BCUT2D eigenvalue weighted by Gasteiger charge is -2.29. The van der Waals surface area contributed by atoms with Crippen LogP contribution in [-0.4, -0.2) is 22.0 Å². The number of carbonyl (C=O) groups excluding carboxylic acids is 1. The van der Waals surface area contributed by atoms with E-state index in [2.05, 4.69) is 28.6 Å². The number of anilines is 1. The highest BCUT2D eigenvalue weighted by atomic mass is 16.2. The molecule has 1 amide bonds. The Hall–Kier alpha value is -2.10. The fraction of sp³-hybridized carbons (Fsp3) is 0.412. The second-order valence-corrected chi connectivity index (χ2v) is 5.69. The second kappa shape index (κ2) is 5.72. The molecule has 1 unspecified atom stereocenters. The maximum Gasteiger partial charge on any atom is 0.230 e. The molecule has 2 heterocycles. The summed E-state index contributed by atoms with van der Waals surface area (Å²) in [4.78, 5) is 18.9. The van der Waals surface area contributed by atoms with Gasteiger partial charge in [0.25, 0.3) is 0 Å². The summed E-state index contributed by atoms with van der Waals surface area (Å²) in [6, 6.07) is 8.16. The van der Waals surface area contributed by atoms with Crippen molar-refractivity contribution in [2.75, 3.05) is 11.4 Å². The number of benzene rings is 1. The van der Waals surface area contributed by atoms with Crippen LogP contribution >= 0.6 is 0 Å². The first kappa shape index (κ1) is 13.9. The molecule has 0 spiro atoms. The Bertz CT molecular complexity index is 647. The van der Waals surface area contributed by atoms with E-state index in [0.29, 0.717) is 6.54 Å². The van der Waals surface area contributed by atoms with E-state index in [1.54, 1.807) is 0 Å². The zero-order chi connectivity index (χ0) is 14.8. The van der Waals surface area contributed by atoms with Gasteiger partial charge in [0, 0.05) is 43.0 Å². The summed E-state index contributed by atoms with van der Waals surface area (Å²) in [6.45, 7) is 5.68. The maximum atomic E-state index is 12.9. The smallest absolute Gasteiger partial charge is 0.230 e. The topological polar surface area (TPSA) is 38.1 Å². The molecule has 21 heavy (non-hydrogen) atoms. The Balaban J connectivity index is 1.80. The molecule has 4 heteroatoms. The van der Waals surface area contributed by atoms with E-state index in [1.165, 1.54) is 11.3 Å². The summed E-state index contributed by atoms with van der Waals surface area (Å²) in [5.41, 5.74) is 3.35. The predicted molar refractivity (Wildman–Crippen MR) is 83.2 cm³/mol. The largest absolute Gasteiger partial charge is 0.335 e. The summed E-state index contributed by atoms with van der Waals surface area (Å²) in [6.07, 6.45) is 5.42. The molecule has 0 saturated heterocycles. The number of rotatable bonds is 3. The molecule has 1 aromatic carbocycles. The summed E-state index contributed by atoms with van der Waals surface area (Å²) in [5.74, 6) is 0.296. The molecule has 0 N–H and O–H groups in total. The van der Waals surface area contributed by atoms with Crippen LogP contribution in [0.3, 0.4) is 0 Å². The Morgan fingerprint density at radius 2 is 2.33 bits per heavy atom. The van der Waals surface area contributed by atoms with Gasteiger partial charge in [-0.2, -0.15) is 0 Å². The highest BCUT2D eigenvalue weighted by molar-refractivity contribution is 5.95. The lowest BCUT2D eigenvalue weighted by atomic mass is 9.94. The van der Waals surface area contributed by atoms with Gasteiger partial charge in [-0.1, -0.05) is 12.1 Å². The summed E-state index contributed by atoms with van der Waals surface area (Å²) in [7, 11) is 0. The zero-order valence-corrected chi connectivity index (χ0v) is 12.6. The number of aromatic nitrogens is 2. The highest BCUT2D eigenvalue weighted by Gasteiger charge is 2.28. The Morgan fingerprint density at radius 1 is 1.48 bits per heavy atom. The third-order valence-corrected chi connectivity index (χ3v) is 4.22. The van der Waals surface area contributed by atoms with Crippen LogP contribution in [0.1, 0.15) is 24.6 Å². The molecule has 1 aliphatic heterocycles. The van der Waals surface area contributed by atoms with Crippen molar-refractivity contribution in [2.24, 2.45) is 5.92 Å². The third kappa shape index (κ3) is 2.71. The molecule has 1 aromatic heterocycles. The normalized spacial score (nSPS) is 17.3. The van der Waals surface area contributed by atoms with Crippen LogP contribution in [0.5, 0.6) is 0 Å². The van der Waals surface area contributed by atoms with E-state index >= 15 is 0 Å². The number of nitrogens with zero attached hydrogens (tertiary/aromatic N) is 3. The van der Waals surface area contributed by atoms with Gasteiger partial charge in [0.2, 0.25) is 5.91 Å². The number of amides is 1. The summed E-state index contributed by atoms with van der Waals surface area (Å²) < 4.78 is 2.15. The molecule has 0 aliphatic carbocycles. The maximum absolute atomic E-state index is 12.9. The number of aryl methyl sites for hydroxylation is 2. The Morgan fingerprint density at radius 3 is 3.10 bits per heavy atom. The molecule has 1 atom stereocenters. The van der Waals surface area contributed by atoms with E-state index in [4.69, 9.17) is 0 Å². The molecule has 1 aliphatic rings. The van der Waals surface area contributed by atoms with Gasteiger partial charge in [-0.05, 0) is 38.0 Å². The third-order valence-electron chi connectivity index (χ3n) is 4.22. The lowest BCUT2D eigenvalue weighted by molar-refractivity contribution is -0.122. The van der Waals surface area contributed by atoms with Crippen LogP contribution < -0.4 is 4.90 Å². The van der Waals surface area contributed by atoms with E-state index in [-0.39, 0.29) is 11.8 Å². The molecule has 0 radical (unpaired) electrons. The first-order chi connectivity index (χ1) is 10.2. The Kier molecular flexibility index (Phi) is 3.78. The first-order valence-corrected chi connectivity index (χ1v) is 7.56. The van der Waals surface area contributed by atoms with Crippen molar-refractivity contribution in [1.82, 2.24) is 9.55 Å². The second-order valence-electron chi connectivity index (χ2n) is 5.69. The van der Waals surface area contributed by atoms with Gasteiger partial charge in [-0.3, -0.25) is 4.79 Å². The average Bonchev–Trinajstić information content (AvgIpc) is 2.95. The monoisotopic (exact) mass is 283 g/mol.